The SMILES string of the molecule is COc1cc(NS(=O)(=O)N2CCC(CO)CC2)ccc1F. The fourth-order valence-corrected chi connectivity index (χ4v) is 3.51. The maximum absolute atomic E-state index is 13.3. The number of halogens is 1. The number of rotatable bonds is 5. The van der Waals surface area contributed by atoms with Gasteiger partial charge in [0.2, 0.25) is 0 Å². The van der Waals surface area contributed by atoms with Crippen molar-refractivity contribution in [2.24, 2.45) is 5.92 Å². The van der Waals surface area contributed by atoms with Gasteiger partial charge in [-0.05, 0) is 30.9 Å². The predicted octanol–water partition coefficient (Wildman–Crippen LogP) is 1.20. The van der Waals surface area contributed by atoms with E-state index in [0.717, 1.165) is 6.07 Å². The van der Waals surface area contributed by atoms with Crippen LogP contribution in [-0.4, -0.2) is 44.6 Å². The van der Waals surface area contributed by atoms with Crippen LogP contribution in [0.25, 0.3) is 0 Å². The van der Waals surface area contributed by atoms with E-state index in [1.807, 2.05) is 0 Å². The first-order chi connectivity index (χ1) is 9.96. The Morgan fingerprint density at radius 1 is 1.43 bits per heavy atom. The Balaban J connectivity index is 2.07. The maximum atomic E-state index is 13.3. The molecule has 0 saturated carbocycles. The largest absolute Gasteiger partial charge is 0.494 e. The number of aliphatic hydroxyl groups is 1. The minimum atomic E-state index is -3.68. The zero-order valence-corrected chi connectivity index (χ0v) is 12.6. The maximum Gasteiger partial charge on any atom is 0.301 e. The molecular weight excluding hydrogens is 299 g/mol. The molecule has 0 amide bonds. The zero-order chi connectivity index (χ0) is 15.5. The van der Waals surface area contributed by atoms with E-state index in [4.69, 9.17) is 9.84 Å². The molecule has 21 heavy (non-hydrogen) atoms. The van der Waals surface area contributed by atoms with Gasteiger partial charge in [0.15, 0.2) is 11.6 Å². The molecule has 1 aromatic rings. The lowest BCUT2D eigenvalue weighted by molar-refractivity contribution is 0.170. The summed E-state index contributed by atoms with van der Waals surface area (Å²) in [5.41, 5.74) is 0.248. The summed E-state index contributed by atoms with van der Waals surface area (Å²) in [5.74, 6) is -0.416. The van der Waals surface area contributed by atoms with E-state index >= 15 is 0 Å². The molecule has 1 aliphatic rings. The summed E-state index contributed by atoms with van der Waals surface area (Å²) in [5, 5.41) is 9.07. The Morgan fingerprint density at radius 2 is 2.10 bits per heavy atom. The number of nitrogens with zero attached hydrogens (tertiary/aromatic N) is 1. The Hall–Kier alpha value is -1.38. The van der Waals surface area contributed by atoms with Gasteiger partial charge in [-0.15, -0.1) is 0 Å². The van der Waals surface area contributed by atoms with Gasteiger partial charge in [0.1, 0.15) is 0 Å². The monoisotopic (exact) mass is 318 g/mol. The van der Waals surface area contributed by atoms with Crippen LogP contribution in [-0.2, 0) is 10.2 Å². The smallest absolute Gasteiger partial charge is 0.301 e. The molecule has 1 heterocycles. The zero-order valence-electron chi connectivity index (χ0n) is 11.8. The van der Waals surface area contributed by atoms with Crippen LogP contribution < -0.4 is 9.46 Å². The van der Waals surface area contributed by atoms with Crippen molar-refractivity contribution in [1.29, 1.82) is 0 Å². The molecule has 118 valence electrons. The molecule has 0 radical (unpaired) electrons. The van der Waals surface area contributed by atoms with E-state index < -0.39 is 16.0 Å². The molecule has 1 fully saturated rings. The fourth-order valence-electron chi connectivity index (χ4n) is 2.27. The van der Waals surface area contributed by atoms with E-state index in [-0.39, 0.29) is 24.0 Å². The van der Waals surface area contributed by atoms with Crippen molar-refractivity contribution in [3.63, 3.8) is 0 Å². The van der Waals surface area contributed by atoms with Crippen LogP contribution in [0.3, 0.4) is 0 Å². The molecule has 0 aromatic heterocycles. The van der Waals surface area contributed by atoms with Crippen LogP contribution in [0.2, 0.25) is 0 Å². The average Bonchev–Trinajstić information content (AvgIpc) is 2.49. The van der Waals surface area contributed by atoms with Crippen LogP contribution in [0, 0.1) is 11.7 Å². The average molecular weight is 318 g/mol. The molecule has 2 N–H and O–H groups in total. The van der Waals surface area contributed by atoms with Gasteiger partial charge in [-0.1, -0.05) is 0 Å². The second kappa shape index (κ2) is 6.59. The van der Waals surface area contributed by atoms with Crippen molar-refractivity contribution in [1.82, 2.24) is 4.31 Å². The minimum Gasteiger partial charge on any atom is -0.494 e. The number of methoxy groups -OCH3 is 1. The van der Waals surface area contributed by atoms with Gasteiger partial charge in [0, 0.05) is 25.8 Å². The number of aliphatic hydroxyl groups excluding tert-OH is 1. The molecular formula is C13H19FN2O4S. The molecule has 6 nitrogen and oxygen atoms in total. The van der Waals surface area contributed by atoms with Gasteiger partial charge in [0.25, 0.3) is 0 Å². The third-order valence-corrected chi connectivity index (χ3v) is 5.11. The lowest BCUT2D eigenvalue weighted by atomic mass is 10.00. The van der Waals surface area contributed by atoms with Gasteiger partial charge in [-0.25, -0.2) is 4.39 Å². The Morgan fingerprint density at radius 3 is 2.67 bits per heavy atom. The van der Waals surface area contributed by atoms with Gasteiger partial charge in [0.05, 0.1) is 12.8 Å². The second-order valence-electron chi connectivity index (χ2n) is 4.98. The number of anilines is 1. The summed E-state index contributed by atoms with van der Waals surface area (Å²) in [7, 11) is -2.37. The number of benzene rings is 1. The van der Waals surface area contributed by atoms with Crippen molar-refractivity contribution < 1.29 is 22.7 Å². The minimum absolute atomic E-state index is 0.0193. The van der Waals surface area contributed by atoms with E-state index in [1.54, 1.807) is 0 Å². The molecule has 0 unspecified atom stereocenters. The van der Waals surface area contributed by atoms with E-state index in [0.29, 0.717) is 25.9 Å². The van der Waals surface area contributed by atoms with Crippen molar-refractivity contribution in [2.45, 2.75) is 12.8 Å². The lowest BCUT2D eigenvalue weighted by Gasteiger charge is -2.30. The molecule has 0 spiro atoms. The molecule has 0 aliphatic carbocycles. The Labute approximate surface area is 123 Å². The van der Waals surface area contributed by atoms with E-state index in [2.05, 4.69) is 4.72 Å². The highest BCUT2D eigenvalue weighted by molar-refractivity contribution is 7.90. The summed E-state index contributed by atoms with van der Waals surface area (Å²) in [6, 6.07) is 3.79. The van der Waals surface area contributed by atoms with Crippen LogP contribution in [0.4, 0.5) is 10.1 Å². The first-order valence-corrected chi connectivity index (χ1v) is 8.12. The highest BCUT2D eigenvalue weighted by Crippen LogP contribution is 2.24. The number of hydrogen-bond acceptors (Lipinski definition) is 4. The summed E-state index contributed by atoms with van der Waals surface area (Å²) in [6.07, 6.45) is 1.26. The molecule has 2 rings (SSSR count). The Kier molecular flexibility index (Phi) is 5.02. The summed E-state index contributed by atoms with van der Waals surface area (Å²) in [6.45, 7) is 0.800. The van der Waals surface area contributed by atoms with E-state index in [9.17, 15) is 12.8 Å². The van der Waals surface area contributed by atoms with Gasteiger partial charge in [-0.2, -0.15) is 12.7 Å². The molecule has 0 atom stereocenters. The summed E-state index contributed by atoms with van der Waals surface area (Å²) >= 11 is 0. The summed E-state index contributed by atoms with van der Waals surface area (Å²) < 4.78 is 46.4. The number of nitrogens with one attached hydrogen (secondary N) is 1. The van der Waals surface area contributed by atoms with Crippen molar-refractivity contribution in [3.8, 4) is 5.75 Å². The number of ether oxygens (including phenoxy) is 1. The molecule has 1 saturated heterocycles. The third-order valence-electron chi connectivity index (χ3n) is 3.57. The second-order valence-corrected chi connectivity index (χ2v) is 6.65. The van der Waals surface area contributed by atoms with Crippen molar-refractivity contribution in [2.75, 3.05) is 31.5 Å². The molecule has 0 bridgehead atoms. The van der Waals surface area contributed by atoms with Crippen LogP contribution in [0.5, 0.6) is 5.75 Å². The summed E-state index contributed by atoms with van der Waals surface area (Å²) in [4.78, 5) is 0. The quantitative estimate of drug-likeness (QED) is 0.855. The predicted molar refractivity (Wildman–Crippen MR) is 76.9 cm³/mol. The topological polar surface area (TPSA) is 78.9 Å². The molecule has 1 aromatic carbocycles. The number of piperidine rings is 1. The third kappa shape index (κ3) is 3.84. The van der Waals surface area contributed by atoms with Gasteiger partial charge >= 0.3 is 10.2 Å². The Bertz CT molecular complexity index is 586. The first-order valence-electron chi connectivity index (χ1n) is 6.68. The van der Waals surface area contributed by atoms with Crippen LogP contribution in [0.15, 0.2) is 18.2 Å². The van der Waals surface area contributed by atoms with Crippen molar-refractivity contribution >= 4 is 15.9 Å². The van der Waals surface area contributed by atoms with Gasteiger partial charge in [-0.3, -0.25) is 4.72 Å². The van der Waals surface area contributed by atoms with E-state index in [1.165, 1.54) is 23.5 Å². The van der Waals surface area contributed by atoms with Crippen molar-refractivity contribution in [3.05, 3.63) is 24.0 Å². The lowest BCUT2D eigenvalue weighted by Crippen LogP contribution is -2.42. The van der Waals surface area contributed by atoms with Gasteiger partial charge < -0.3 is 9.84 Å². The van der Waals surface area contributed by atoms with Crippen LogP contribution in [0.1, 0.15) is 12.8 Å². The highest BCUT2D eigenvalue weighted by Gasteiger charge is 2.27. The molecule has 1 aliphatic heterocycles. The molecule has 8 heteroatoms. The highest BCUT2D eigenvalue weighted by atomic mass is 32.2. The normalized spacial score (nSPS) is 17.7. The number of hydrogen-bond donors (Lipinski definition) is 2. The fraction of sp³-hybridized carbons (Fsp3) is 0.538. The standard InChI is InChI=1S/C13H19FN2O4S/c1-20-13-8-11(2-3-12(13)14)15-21(18,19)16-6-4-10(9-17)5-7-16/h2-3,8,10,15,17H,4-7,9H2,1H3. The first kappa shape index (κ1) is 16.0. The van der Waals surface area contributed by atoms with Crippen LogP contribution >= 0.6 is 0 Å².